The van der Waals surface area contributed by atoms with Crippen LogP contribution in [0.4, 0.5) is 0 Å². The van der Waals surface area contributed by atoms with Crippen LogP contribution < -0.4 is 10.3 Å². The predicted octanol–water partition coefficient (Wildman–Crippen LogP) is 0.704. The van der Waals surface area contributed by atoms with Crippen LogP contribution in [0, 0.1) is 0 Å². The van der Waals surface area contributed by atoms with Gasteiger partial charge in [0.05, 0.1) is 11.6 Å². The summed E-state index contributed by atoms with van der Waals surface area (Å²) in [7, 11) is 1.43. The fraction of sp³-hybridized carbons (Fsp3) is 0.250. The highest BCUT2D eigenvalue weighted by Gasteiger charge is 2.06. The molecule has 6 heteroatoms. The van der Waals surface area contributed by atoms with Gasteiger partial charge in [-0.3, -0.25) is 9.59 Å². The van der Waals surface area contributed by atoms with E-state index in [0.29, 0.717) is 10.2 Å². The Balaban J connectivity index is 3.15. The molecule has 14 heavy (non-hydrogen) atoms. The predicted molar refractivity (Wildman–Crippen MR) is 52.6 cm³/mol. The fourth-order valence-corrected chi connectivity index (χ4v) is 1.48. The molecule has 0 aliphatic carbocycles. The molecule has 0 amide bonds. The third kappa shape index (κ3) is 2.35. The van der Waals surface area contributed by atoms with Gasteiger partial charge < -0.3 is 14.4 Å². The maximum absolute atomic E-state index is 11.3. The molecule has 0 radical (unpaired) electrons. The van der Waals surface area contributed by atoms with Gasteiger partial charge in [0.2, 0.25) is 0 Å². The number of carbonyl (C=O) groups is 1. The summed E-state index contributed by atoms with van der Waals surface area (Å²) in [6, 6.07) is 1.23. The van der Waals surface area contributed by atoms with E-state index < -0.39 is 11.5 Å². The smallest absolute Gasteiger partial charge is 0.323 e. The number of carboxylic acids is 1. The first-order chi connectivity index (χ1) is 6.54. The number of nitrogens with zero attached hydrogens (tertiary/aromatic N) is 1. The molecule has 0 unspecified atom stereocenters. The van der Waals surface area contributed by atoms with Crippen LogP contribution in [0.1, 0.15) is 0 Å². The Morgan fingerprint density at radius 3 is 2.86 bits per heavy atom. The first kappa shape index (κ1) is 10.8. The SMILES string of the molecule is COc1cc(=O)n(CC(=O)O)cc1Br. The number of rotatable bonds is 3. The molecule has 1 aromatic rings. The third-order valence-electron chi connectivity index (χ3n) is 1.57. The maximum atomic E-state index is 11.3. The minimum absolute atomic E-state index is 0.360. The molecule has 1 rings (SSSR count). The molecule has 5 nitrogen and oxygen atoms in total. The van der Waals surface area contributed by atoms with E-state index in [1.807, 2.05) is 0 Å². The number of hydrogen-bond donors (Lipinski definition) is 1. The van der Waals surface area contributed by atoms with Crippen LogP contribution in [-0.4, -0.2) is 22.8 Å². The standard InChI is InChI=1S/C8H8BrNO4/c1-14-6-2-7(11)10(3-5(6)9)4-8(12)13/h2-3H,4H2,1H3,(H,12,13). The van der Waals surface area contributed by atoms with Crippen LogP contribution >= 0.6 is 15.9 Å². The molecule has 0 aromatic carbocycles. The molecule has 1 heterocycles. The van der Waals surface area contributed by atoms with Crippen LogP contribution in [0.15, 0.2) is 21.5 Å². The summed E-state index contributed by atoms with van der Waals surface area (Å²) >= 11 is 3.15. The molecular formula is C8H8BrNO4. The molecule has 1 N–H and O–H groups in total. The number of aromatic nitrogens is 1. The first-order valence-corrected chi connectivity index (χ1v) is 4.49. The van der Waals surface area contributed by atoms with Crippen molar-refractivity contribution in [2.24, 2.45) is 0 Å². The van der Waals surface area contributed by atoms with Crippen LogP contribution in [0.25, 0.3) is 0 Å². The Kier molecular flexibility index (Phi) is 3.29. The topological polar surface area (TPSA) is 68.5 Å². The lowest BCUT2D eigenvalue weighted by atomic mass is 10.4. The van der Waals surface area contributed by atoms with E-state index in [1.54, 1.807) is 0 Å². The van der Waals surface area contributed by atoms with Gasteiger partial charge in [-0.2, -0.15) is 0 Å². The van der Waals surface area contributed by atoms with Gasteiger partial charge in [0.1, 0.15) is 12.3 Å². The summed E-state index contributed by atoms with van der Waals surface area (Å²) in [6.07, 6.45) is 1.38. The fourth-order valence-electron chi connectivity index (χ4n) is 0.954. The van der Waals surface area contributed by atoms with Gasteiger partial charge in [-0.05, 0) is 15.9 Å². The molecule has 0 atom stereocenters. The Morgan fingerprint density at radius 2 is 2.36 bits per heavy atom. The Morgan fingerprint density at radius 1 is 1.71 bits per heavy atom. The van der Waals surface area contributed by atoms with Crippen LogP contribution in [0.2, 0.25) is 0 Å². The van der Waals surface area contributed by atoms with Crippen molar-refractivity contribution in [1.29, 1.82) is 0 Å². The lowest BCUT2D eigenvalue weighted by Crippen LogP contribution is -2.23. The van der Waals surface area contributed by atoms with Gasteiger partial charge >= 0.3 is 5.97 Å². The monoisotopic (exact) mass is 261 g/mol. The van der Waals surface area contributed by atoms with Gasteiger partial charge in [-0.25, -0.2) is 0 Å². The summed E-state index contributed by atoms with van der Waals surface area (Å²) in [5, 5.41) is 8.50. The Labute approximate surface area is 88.1 Å². The zero-order valence-corrected chi connectivity index (χ0v) is 8.94. The van der Waals surface area contributed by atoms with Crippen molar-refractivity contribution in [2.45, 2.75) is 6.54 Å². The van der Waals surface area contributed by atoms with Gasteiger partial charge in [0, 0.05) is 12.3 Å². The summed E-state index contributed by atoms with van der Waals surface area (Å²) in [4.78, 5) is 21.7. The number of carboxylic acid groups (broad SMARTS) is 1. The van der Waals surface area contributed by atoms with Crippen molar-refractivity contribution in [3.05, 3.63) is 27.1 Å². The Hall–Kier alpha value is -1.30. The number of hydrogen-bond acceptors (Lipinski definition) is 3. The van der Waals surface area contributed by atoms with E-state index in [-0.39, 0.29) is 6.54 Å². The summed E-state index contributed by atoms with van der Waals surface area (Å²) in [6.45, 7) is -0.360. The highest BCUT2D eigenvalue weighted by molar-refractivity contribution is 9.10. The van der Waals surface area contributed by atoms with Crippen molar-refractivity contribution in [1.82, 2.24) is 4.57 Å². The average molecular weight is 262 g/mol. The second-order valence-corrected chi connectivity index (χ2v) is 3.40. The minimum Gasteiger partial charge on any atom is -0.495 e. The third-order valence-corrected chi connectivity index (χ3v) is 2.16. The molecule has 0 saturated heterocycles. The largest absolute Gasteiger partial charge is 0.495 e. The zero-order chi connectivity index (χ0) is 10.7. The second kappa shape index (κ2) is 4.28. The highest BCUT2D eigenvalue weighted by Crippen LogP contribution is 2.21. The molecular weight excluding hydrogens is 254 g/mol. The molecule has 0 fully saturated rings. The van der Waals surface area contributed by atoms with E-state index in [2.05, 4.69) is 15.9 Å². The van der Waals surface area contributed by atoms with Crippen molar-refractivity contribution in [3.63, 3.8) is 0 Å². The van der Waals surface area contributed by atoms with E-state index in [4.69, 9.17) is 9.84 Å². The van der Waals surface area contributed by atoms with Crippen LogP contribution in [-0.2, 0) is 11.3 Å². The van der Waals surface area contributed by atoms with Gasteiger partial charge in [0.25, 0.3) is 5.56 Å². The van der Waals surface area contributed by atoms with Gasteiger partial charge in [0.15, 0.2) is 0 Å². The van der Waals surface area contributed by atoms with Crippen LogP contribution in [0.5, 0.6) is 5.75 Å². The molecule has 1 aromatic heterocycles. The Bertz CT molecular complexity index is 412. The van der Waals surface area contributed by atoms with Crippen molar-refractivity contribution in [3.8, 4) is 5.75 Å². The van der Waals surface area contributed by atoms with Gasteiger partial charge in [-0.1, -0.05) is 0 Å². The second-order valence-electron chi connectivity index (χ2n) is 2.55. The van der Waals surface area contributed by atoms with E-state index in [9.17, 15) is 9.59 Å². The molecule has 76 valence electrons. The lowest BCUT2D eigenvalue weighted by Gasteiger charge is -2.06. The number of halogens is 1. The molecule has 0 spiro atoms. The number of aliphatic carboxylic acids is 1. The van der Waals surface area contributed by atoms with E-state index in [1.165, 1.54) is 19.4 Å². The number of ether oxygens (including phenoxy) is 1. The van der Waals surface area contributed by atoms with E-state index in [0.717, 1.165) is 4.57 Å². The zero-order valence-electron chi connectivity index (χ0n) is 7.36. The number of methoxy groups -OCH3 is 1. The van der Waals surface area contributed by atoms with Crippen molar-refractivity contribution < 1.29 is 14.6 Å². The van der Waals surface area contributed by atoms with Crippen molar-refractivity contribution >= 4 is 21.9 Å². The molecule has 0 bridgehead atoms. The van der Waals surface area contributed by atoms with Crippen molar-refractivity contribution in [2.75, 3.05) is 7.11 Å². The average Bonchev–Trinajstić information content (AvgIpc) is 2.10. The number of pyridine rings is 1. The maximum Gasteiger partial charge on any atom is 0.323 e. The molecule has 0 aliphatic rings. The normalized spacial score (nSPS) is 9.86. The van der Waals surface area contributed by atoms with E-state index >= 15 is 0 Å². The van der Waals surface area contributed by atoms with Gasteiger partial charge in [-0.15, -0.1) is 0 Å². The van der Waals surface area contributed by atoms with Crippen LogP contribution in [0.3, 0.4) is 0 Å². The quantitative estimate of drug-likeness (QED) is 0.870. The summed E-state index contributed by atoms with van der Waals surface area (Å²) in [5.41, 5.74) is -0.410. The molecule has 0 aliphatic heterocycles. The first-order valence-electron chi connectivity index (χ1n) is 3.70. The highest BCUT2D eigenvalue weighted by atomic mass is 79.9. The lowest BCUT2D eigenvalue weighted by molar-refractivity contribution is -0.137. The molecule has 0 saturated carbocycles. The summed E-state index contributed by atoms with van der Waals surface area (Å²) in [5.74, 6) is -0.680. The minimum atomic E-state index is -1.07. The summed E-state index contributed by atoms with van der Waals surface area (Å²) < 4.78 is 6.50.